The molecule has 1 fully saturated rings. The molecule has 1 atom stereocenters. The maximum atomic E-state index is 12.9. The van der Waals surface area contributed by atoms with Gasteiger partial charge in [-0.25, -0.2) is 8.42 Å². The molecule has 162 valence electrons. The molecule has 1 heterocycles. The Kier molecular flexibility index (Phi) is 6.24. The fourth-order valence-electron chi connectivity index (χ4n) is 3.43. The Balaban J connectivity index is 1.83. The van der Waals surface area contributed by atoms with E-state index in [4.69, 9.17) is 0 Å². The lowest BCUT2D eigenvalue weighted by Crippen LogP contribution is -2.30. The third-order valence-corrected chi connectivity index (χ3v) is 7.11. The van der Waals surface area contributed by atoms with Gasteiger partial charge in [0.15, 0.2) is 0 Å². The monoisotopic (exact) mass is 440 g/mol. The molecule has 30 heavy (non-hydrogen) atoms. The summed E-state index contributed by atoms with van der Waals surface area (Å²) in [5.41, 5.74) is 0.255. The van der Waals surface area contributed by atoms with Gasteiger partial charge in [0.1, 0.15) is 0 Å². The van der Waals surface area contributed by atoms with Gasteiger partial charge < -0.3 is 5.32 Å². The van der Waals surface area contributed by atoms with Crippen LogP contribution in [0.4, 0.5) is 13.2 Å². The Labute approximate surface area is 173 Å². The first kappa shape index (κ1) is 22.3. The summed E-state index contributed by atoms with van der Waals surface area (Å²) in [5, 5.41) is 2.67. The van der Waals surface area contributed by atoms with E-state index < -0.39 is 33.7 Å². The van der Waals surface area contributed by atoms with E-state index in [9.17, 15) is 26.4 Å². The van der Waals surface area contributed by atoms with Gasteiger partial charge in [0, 0.05) is 18.7 Å². The fraction of sp³-hybridized carbons (Fsp3) is 0.381. The average molecular weight is 440 g/mol. The second kappa shape index (κ2) is 8.39. The first-order valence-corrected chi connectivity index (χ1v) is 11.0. The lowest BCUT2D eigenvalue weighted by molar-refractivity contribution is -0.137. The van der Waals surface area contributed by atoms with Gasteiger partial charge in [-0.15, -0.1) is 0 Å². The average Bonchev–Trinajstić information content (AvgIpc) is 3.23. The lowest BCUT2D eigenvalue weighted by atomic mass is 10.0. The van der Waals surface area contributed by atoms with Gasteiger partial charge in [0.2, 0.25) is 10.0 Å². The first-order valence-electron chi connectivity index (χ1n) is 9.59. The molecule has 2 aromatic carbocycles. The quantitative estimate of drug-likeness (QED) is 0.754. The van der Waals surface area contributed by atoms with E-state index in [1.807, 2.05) is 0 Å². The molecule has 5 nitrogen and oxygen atoms in total. The minimum atomic E-state index is -4.48. The first-order chi connectivity index (χ1) is 14.0. The highest BCUT2D eigenvalue weighted by Crippen LogP contribution is 2.31. The van der Waals surface area contributed by atoms with E-state index in [0.29, 0.717) is 24.2 Å². The van der Waals surface area contributed by atoms with Crippen molar-refractivity contribution in [3.05, 3.63) is 64.7 Å². The molecule has 1 aliphatic heterocycles. The summed E-state index contributed by atoms with van der Waals surface area (Å²) >= 11 is 0. The van der Waals surface area contributed by atoms with Crippen molar-refractivity contribution in [1.29, 1.82) is 0 Å². The number of benzene rings is 2. The Hall–Kier alpha value is -2.39. The van der Waals surface area contributed by atoms with Gasteiger partial charge in [-0.3, -0.25) is 4.79 Å². The molecule has 0 bridgehead atoms. The number of amides is 1. The van der Waals surface area contributed by atoms with Crippen molar-refractivity contribution < 1.29 is 26.4 Å². The number of alkyl halides is 3. The lowest BCUT2D eigenvalue weighted by Gasteiger charge is -2.19. The fourth-order valence-corrected chi connectivity index (χ4v) is 4.97. The molecule has 1 N–H and O–H groups in total. The van der Waals surface area contributed by atoms with Crippen LogP contribution in [-0.2, 0) is 16.2 Å². The third-order valence-electron chi connectivity index (χ3n) is 5.22. The zero-order chi connectivity index (χ0) is 22.1. The van der Waals surface area contributed by atoms with Crippen molar-refractivity contribution >= 4 is 15.9 Å². The molecule has 2 aromatic rings. The van der Waals surface area contributed by atoms with Crippen LogP contribution in [0.25, 0.3) is 0 Å². The molecule has 3 rings (SSSR count). The molecule has 0 spiro atoms. The smallest absolute Gasteiger partial charge is 0.346 e. The van der Waals surface area contributed by atoms with Gasteiger partial charge in [-0.05, 0) is 62.1 Å². The summed E-state index contributed by atoms with van der Waals surface area (Å²) < 4.78 is 65.8. The van der Waals surface area contributed by atoms with Crippen LogP contribution in [0.5, 0.6) is 0 Å². The van der Waals surface area contributed by atoms with E-state index in [0.717, 1.165) is 25.0 Å². The largest absolute Gasteiger partial charge is 0.416 e. The summed E-state index contributed by atoms with van der Waals surface area (Å²) in [5.74, 6) is -0.545. The van der Waals surface area contributed by atoms with Gasteiger partial charge in [0.05, 0.1) is 16.5 Å². The number of carbonyl (C=O) groups is 1. The van der Waals surface area contributed by atoms with Crippen LogP contribution in [0, 0.1) is 6.92 Å². The van der Waals surface area contributed by atoms with E-state index >= 15 is 0 Å². The van der Waals surface area contributed by atoms with Crippen LogP contribution in [0.2, 0.25) is 0 Å². The summed E-state index contributed by atoms with van der Waals surface area (Å²) in [4.78, 5) is 12.8. The zero-order valence-electron chi connectivity index (χ0n) is 16.7. The Morgan fingerprint density at radius 3 is 2.40 bits per heavy atom. The normalized spacial score (nSPS) is 16.4. The second-order valence-electron chi connectivity index (χ2n) is 7.41. The van der Waals surface area contributed by atoms with Gasteiger partial charge in [-0.2, -0.15) is 17.5 Å². The number of carbonyl (C=O) groups excluding carboxylic acids is 1. The van der Waals surface area contributed by atoms with Crippen molar-refractivity contribution in [2.75, 3.05) is 13.1 Å². The number of sulfonamides is 1. The molecular weight excluding hydrogens is 417 g/mol. The maximum absolute atomic E-state index is 12.9. The Morgan fingerprint density at radius 1 is 1.10 bits per heavy atom. The molecule has 1 amide bonds. The van der Waals surface area contributed by atoms with Crippen LogP contribution in [-0.4, -0.2) is 31.7 Å². The standard InChI is InChI=1S/C21H23F3N2O3S/c1-14-8-9-18(30(28,29)26-10-3-4-11-26)13-19(14)20(27)25-15(2)16-6-5-7-17(12-16)21(22,23)24/h5-9,12-13,15H,3-4,10-11H2,1-2H3,(H,25,27). The summed E-state index contributed by atoms with van der Waals surface area (Å²) in [6, 6.07) is 8.41. The molecule has 0 aliphatic carbocycles. The van der Waals surface area contributed by atoms with Gasteiger partial charge >= 0.3 is 6.18 Å². The number of nitrogens with one attached hydrogen (secondary N) is 1. The number of nitrogens with zero attached hydrogens (tertiary/aromatic N) is 1. The van der Waals surface area contributed by atoms with E-state index in [1.165, 1.54) is 28.6 Å². The topological polar surface area (TPSA) is 66.5 Å². The van der Waals surface area contributed by atoms with Crippen molar-refractivity contribution in [3.63, 3.8) is 0 Å². The zero-order valence-corrected chi connectivity index (χ0v) is 17.5. The maximum Gasteiger partial charge on any atom is 0.416 e. The predicted octanol–water partition coefficient (Wildman–Crippen LogP) is 4.29. The van der Waals surface area contributed by atoms with E-state index in [-0.39, 0.29) is 10.5 Å². The number of aryl methyl sites for hydroxylation is 1. The number of hydrogen-bond acceptors (Lipinski definition) is 3. The SMILES string of the molecule is Cc1ccc(S(=O)(=O)N2CCCC2)cc1C(=O)NC(C)c1cccc(C(F)(F)F)c1. The highest BCUT2D eigenvalue weighted by molar-refractivity contribution is 7.89. The second-order valence-corrected chi connectivity index (χ2v) is 9.34. The summed E-state index contributed by atoms with van der Waals surface area (Å²) in [6.45, 7) is 4.15. The molecular formula is C21H23F3N2O3S. The van der Waals surface area contributed by atoms with Crippen LogP contribution in [0.3, 0.4) is 0 Å². The molecule has 1 unspecified atom stereocenters. The molecule has 1 aliphatic rings. The molecule has 9 heteroatoms. The Morgan fingerprint density at radius 2 is 1.77 bits per heavy atom. The number of halogens is 3. The molecule has 0 radical (unpaired) electrons. The van der Waals surface area contributed by atoms with Gasteiger partial charge in [0.25, 0.3) is 5.91 Å². The van der Waals surface area contributed by atoms with Crippen LogP contribution < -0.4 is 5.32 Å². The minimum absolute atomic E-state index is 0.0341. The van der Waals surface area contributed by atoms with E-state index in [2.05, 4.69) is 5.32 Å². The van der Waals surface area contributed by atoms with Crippen molar-refractivity contribution in [3.8, 4) is 0 Å². The minimum Gasteiger partial charge on any atom is -0.346 e. The van der Waals surface area contributed by atoms with E-state index in [1.54, 1.807) is 19.9 Å². The number of rotatable bonds is 5. The van der Waals surface area contributed by atoms with Crippen molar-refractivity contribution in [1.82, 2.24) is 9.62 Å². The van der Waals surface area contributed by atoms with Gasteiger partial charge in [-0.1, -0.05) is 18.2 Å². The molecule has 1 saturated heterocycles. The van der Waals surface area contributed by atoms with Crippen LogP contribution in [0.1, 0.15) is 52.9 Å². The Bertz CT molecular complexity index is 1050. The van der Waals surface area contributed by atoms with Crippen molar-refractivity contribution in [2.45, 2.75) is 43.8 Å². The third kappa shape index (κ3) is 4.67. The number of hydrogen-bond donors (Lipinski definition) is 1. The van der Waals surface area contributed by atoms with Crippen LogP contribution >= 0.6 is 0 Å². The van der Waals surface area contributed by atoms with Crippen molar-refractivity contribution in [2.24, 2.45) is 0 Å². The molecule has 0 saturated carbocycles. The summed E-state index contributed by atoms with van der Waals surface area (Å²) in [6.07, 6.45) is -2.88. The highest BCUT2D eigenvalue weighted by Gasteiger charge is 2.31. The highest BCUT2D eigenvalue weighted by atomic mass is 32.2. The summed E-state index contributed by atoms with van der Waals surface area (Å²) in [7, 11) is -3.69. The predicted molar refractivity (Wildman–Crippen MR) is 106 cm³/mol. The van der Waals surface area contributed by atoms with Crippen LogP contribution in [0.15, 0.2) is 47.4 Å². The molecule has 0 aromatic heterocycles.